The van der Waals surface area contributed by atoms with E-state index < -0.39 is 0 Å². The van der Waals surface area contributed by atoms with Gasteiger partial charge in [-0.1, -0.05) is 196 Å². The molecule has 1 heterocycles. The zero-order valence-corrected chi connectivity index (χ0v) is 31.9. The fourth-order valence-electron chi connectivity index (χ4n) is 9.34. The van der Waals surface area contributed by atoms with Crippen molar-refractivity contribution in [2.24, 2.45) is 0 Å². The highest BCUT2D eigenvalue weighted by Crippen LogP contribution is 2.52. The lowest BCUT2D eigenvalue weighted by Crippen LogP contribution is -2.14. The first kappa shape index (κ1) is 33.2. The molecule has 2 nitrogen and oxygen atoms in total. The molecule has 1 aliphatic rings. The molecular weight excluding hydrogens is 689 g/mol. The molecule has 2 heteroatoms. The summed E-state index contributed by atoms with van der Waals surface area (Å²) in [5.74, 6) is 0.716. The maximum atomic E-state index is 5.39. The average Bonchev–Trinajstić information content (AvgIpc) is 3.51. The molecule has 0 aliphatic heterocycles. The van der Waals surface area contributed by atoms with Crippen LogP contribution in [0.3, 0.4) is 0 Å². The van der Waals surface area contributed by atoms with Gasteiger partial charge in [-0.05, 0) is 89.0 Å². The number of rotatable bonds is 5. The Morgan fingerprint density at radius 1 is 0.333 bits per heavy atom. The van der Waals surface area contributed by atoms with Crippen molar-refractivity contribution < 1.29 is 0 Å². The Morgan fingerprint density at radius 2 is 0.789 bits per heavy atom. The summed E-state index contributed by atoms with van der Waals surface area (Å²) in [6, 6.07) is 70.2. The molecule has 0 atom stereocenters. The smallest absolute Gasteiger partial charge is 0.161 e. The number of hydrogen-bond acceptors (Lipinski definition) is 2. The van der Waals surface area contributed by atoms with E-state index in [-0.39, 0.29) is 5.41 Å². The second kappa shape index (κ2) is 13.0. The highest BCUT2D eigenvalue weighted by Gasteiger charge is 2.36. The van der Waals surface area contributed by atoms with Gasteiger partial charge in [-0.2, -0.15) is 0 Å². The largest absolute Gasteiger partial charge is 0.228 e. The standard InChI is InChI=1S/C55H38N2/c1-55(2)49-29-10-9-25-48(49)53-42(26-14-30-50(53)55)38-20-11-19-37(33-38)41-31-32-46(44-24-8-7-23-43(41)44)52-34-51(45-27-12-17-35-15-3-5-21-39(35)45)56-54(57-52)47-28-13-18-36-16-4-6-22-40(36)47/h3-34H,1-2H3. The van der Waals surface area contributed by atoms with Crippen molar-refractivity contribution >= 4 is 32.3 Å². The van der Waals surface area contributed by atoms with Crippen LogP contribution in [0.2, 0.25) is 0 Å². The van der Waals surface area contributed by atoms with Gasteiger partial charge in [-0.15, -0.1) is 0 Å². The van der Waals surface area contributed by atoms with Gasteiger partial charge in [0.2, 0.25) is 0 Å². The first-order chi connectivity index (χ1) is 28.0. The maximum absolute atomic E-state index is 5.39. The SMILES string of the molecule is CC1(C)c2ccccc2-c2c(-c3cccc(-c4ccc(-c5cc(-c6cccc7ccccc67)nc(-c6cccc7ccccc67)n5)c5ccccc45)c3)cccc21. The molecule has 10 aromatic rings. The van der Waals surface area contributed by atoms with E-state index in [1.807, 2.05) is 0 Å². The van der Waals surface area contributed by atoms with Gasteiger partial charge in [-0.3, -0.25) is 0 Å². The molecule has 0 amide bonds. The summed E-state index contributed by atoms with van der Waals surface area (Å²) in [6.07, 6.45) is 0. The number of nitrogens with zero attached hydrogens (tertiary/aromatic N) is 2. The molecule has 0 saturated heterocycles. The van der Waals surface area contributed by atoms with E-state index in [0.29, 0.717) is 5.82 Å². The number of benzene rings is 9. The normalized spacial score (nSPS) is 12.9. The number of aromatic nitrogens is 2. The van der Waals surface area contributed by atoms with Gasteiger partial charge >= 0.3 is 0 Å². The molecule has 0 unspecified atom stereocenters. The molecule has 57 heavy (non-hydrogen) atoms. The monoisotopic (exact) mass is 726 g/mol. The second-order valence-electron chi connectivity index (χ2n) is 15.7. The lowest BCUT2D eigenvalue weighted by atomic mass is 9.82. The molecule has 0 spiro atoms. The fourth-order valence-corrected chi connectivity index (χ4v) is 9.34. The summed E-state index contributed by atoms with van der Waals surface area (Å²) in [4.78, 5) is 10.7. The van der Waals surface area contributed by atoms with Crippen LogP contribution in [0.1, 0.15) is 25.0 Å². The van der Waals surface area contributed by atoms with Crippen LogP contribution in [0.5, 0.6) is 0 Å². The minimum absolute atomic E-state index is 0.0481. The van der Waals surface area contributed by atoms with E-state index in [1.165, 1.54) is 66.1 Å². The summed E-state index contributed by atoms with van der Waals surface area (Å²) >= 11 is 0. The van der Waals surface area contributed by atoms with Crippen LogP contribution in [0.4, 0.5) is 0 Å². The zero-order chi connectivity index (χ0) is 38.1. The Labute approximate surface area is 332 Å². The Bertz CT molecular complexity index is 3120. The predicted molar refractivity (Wildman–Crippen MR) is 239 cm³/mol. The molecule has 0 bridgehead atoms. The molecule has 9 aromatic carbocycles. The van der Waals surface area contributed by atoms with E-state index in [9.17, 15) is 0 Å². The van der Waals surface area contributed by atoms with Crippen molar-refractivity contribution in [3.63, 3.8) is 0 Å². The molecule has 0 radical (unpaired) electrons. The van der Waals surface area contributed by atoms with E-state index in [0.717, 1.165) is 38.9 Å². The van der Waals surface area contributed by atoms with Gasteiger partial charge in [-0.25, -0.2) is 9.97 Å². The third kappa shape index (κ3) is 5.33. The Hall–Kier alpha value is -7.16. The van der Waals surface area contributed by atoms with Crippen LogP contribution in [0.25, 0.3) is 99.6 Å². The summed E-state index contributed by atoms with van der Waals surface area (Å²) < 4.78 is 0. The molecule has 0 N–H and O–H groups in total. The van der Waals surface area contributed by atoms with Crippen molar-refractivity contribution in [3.05, 3.63) is 205 Å². The third-order valence-corrected chi connectivity index (χ3v) is 12.1. The molecule has 11 rings (SSSR count). The Morgan fingerprint density at radius 3 is 1.53 bits per heavy atom. The van der Waals surface area contributed by atoms with Crippen LogP contribution in [0, 0.1) is 0 Å². The van der Waals surface area contributed by atoms with Crippen LogP contribution >= 0.6 is 0 Å². The zero-order valence-electron chi connectivity index (χ0n) is 31.9. The van der Waals surface area contributed by atoms with E-state index in [1.54, 1.807) is 0 Å². The van der Waals surface area contributed by atoms with E-state index >= 15 is 0 Å². The highest BCUT2D eigenvalue weighted by molar-refractivity contribution is 6.06. The first-order valence-electron chi connectivity index (χ1n) is 19.7. The quantitative estimate of drug-likeness (QED) is 0.176. The highest BCUT2D eigenvalue weighted by atomic mass is 14.9. The van der Waals surface area contributed by atoms with Crippen LogP contribution in [-0.4, -0.2) is 9.97 Å². The van der Waals surface area contributed by atoms with Crippen molar-refractivity contribution in [2.75, 3.05) is 0 Å². The van der Waals surface area contributed by atoms with Crippen molar-refractivity contribution in [1.29, 1.82) is 0 Å². The van der Waals surface area contributed by atoms with Crippen molar-refractivity contribution in [1.82, 2.24) is 9.97 Å². The minimum Gasteiger partial charge on any atom is -0.228 e. The first-order valence-corrected chi connectivity index (χ1v) is 19.7. The Balaban J connectivity index is 1.09. The van der Waals surface area contributed by atoms with Crippen molar-refractivity contribution in [2.45, 2.75) is 19.3 Å². The topological polar surface area (TPSA) is 25.8 Å². The average molecular weight is 727 g/mol. The van der Waals surface area contributed by atoms with E-state index in [4.69, 9.17) is 9.97 Å². The van der Waals surface area contributed by atoms with Gasteiger partial charge in [0.05, 0.1) is 11.4 Å². The van der Waals surface area contributed by atoms with Gasteiger partial charge < -0.3 is 0 Å². The maximum Gasteiger partial charge on any atom is 0.161 e. The molecule has 268 valence electrons. The summed E-state index contributed by atoms with van der Waals surface area (Å²) in [7, 11) is 0. The third-order valence-electron chi connectivity index (χ3n) is 12.1. The summed E-state index contributed by atoms with van der Waals surface area (Å²) in [5.41, 5.74) is 15.3. The molecular formula is C55H38N2. The molecule has 1 aliphatic carbocycles. The van der Waals surface area contributed by atoms with Gasteiger partial charge in [0.15, 0.2) is 5.82 Å². The Kier molecular flexibility index (Phi) is 7.55. The molecule has 0 fully saturated rings. The summed E-state index contributed by atoms with van der Waals surface area (Å²) in [5, 5.41) is 7.01. The van der Waals surface area contributed by atoms with E-state index in [2.05, 4.69) is 208 Å². The van der Waals surface area contributed by atoms with Gasteiger partial charge in [0.1, 0.15) is 0 Å². The molecule has 1 aromatic heterocycles. The van der Waals surface area contributed by atoms with Crippen LogP contribution in [0.15, 0.2) is 194 Å². The van der Waals surface area contributed by atoms with Crippen LogP contribution in [-0.2, 0) is 5.41 Å². The lowest BCUT2D eigenvalue weighted by molar-refractivity contribution is 0.660. The number of fused-ring (bicyclic) bond motifs is 6. The number of hydrogen-bond donors (Lipinski definition) is 0. The summed E-state index contributed by atoms with van der Waals surface area (Å²) in [6.45, 7) is 4.69. The van der Waals surface area contributed by atoms with Gasteiger partial charge in [0.25, 0.3) is 0 Å². The van der Waals surface area contributed by atoms with Crippen LogP contribution < -0.4 is 0 Å². The second-order valence-corrected chi connectivity index (χ2v) is 15.7. The van der Waals surface area contributed by atoms with Gasteiger partial charge in [0, 0.05) is 22.1 Å². The predicted octanol–water partition coefficient (Wildman–Crippen LogP) is 14.6. The molecule has 0 saturated carbocycles. The fraction of sp³-hybridized carbons (Fsp3) is 0.0545. The van der Waals surface area contributed by atoms with Crippen molar-refractivity contribution in [3.8, 4) is 67.3 Å². The lowest BCUT2D eigenvalue weighted by Gasteiger charge is -2.21. The minimum atomic E-state index is -0.0481.